The Morgan fingerprint density at radius 2 is 2.08 bits per heavy atom. The smallest absolute Gasteiger partial charge is 0.129 e. The first-order valence-electron chi connectivity index (χ1n) is 3.83. The highest BCUT2D eigenvalue weighted by Crippen LogP contribution is 2.28. The van der Waals surface area contributed by atoms with Crippen molar-refractivity contribution in [2.24, 2.45) is 0 Å². The average molecular weight is 162 g/mol. The number of H-pyrrole nitrogens is 1. The number of hydrogen-bond acceptors (Lipinski definition) is 2. The number of benzene rings is 1. The van der Waals surface area contributed by atoms with Crippen molar-refractivity contribution in [3.63, 3.8) is 0 Å². The van der Waals surface area contributed by atoms with Crippen molar-refractivity contribution in [3.8, 4) is 5.75 Å². The SMILES string of the molecule is Cc1ccc2n[nH]c(C)c2c1O. The van der Waals surface area contributed by atoms with Crippen molar-refractivity contribution in [2.75, 3.05) is 0 Å². The first-order valence-corrected chi connectivity index (χ1v) is 3.83. The molecule has 3 nitrogen and oxygen atoms in total. The van der Waals surface area contributed by atoms with E-state index in [0.717, 1.165) is 22.2 Å². The molecule has 62 valence electrons. The van der Waals surface area contributed by atoms with E-state index in [4.69, 9.17) is 0 Å². The third kappa shape index (κ3) is 0.794. The van der Waals surface area contributed by atoms with Crippen LogP contribution in [0, 0.1) is 13.8 Å². The van der Waals surface area contributed by atoms with Gasteiger partial charge in [0.15, 0.2) is 0 Å². The second-order valence-corrected chi connectivity index (χ2v) is 2.97. The van der Waals surface area contributed by atoms with E-state index in [2.05, 4.69) is 10.2 Å². The van der Waals surface area contributed by atoms with Gasteiger partial charge in [-0.1, -0.05) is 6.07 Å². The average Bonchev–Trinajstić information content (AvgIpc) is 2.41. The number of hydrogen-bond donors (Lipinski definition) is 2. The molecule has 0 saturated carbocycles. The van der Waals surface area contributed by atoms with Gasteiger partial charge < -0.3 is 5.11 Å². The van der Waals surface area contributed by atoms with Crippen LogP contribution in [0.3, 0.4) is 0 Å². The van der Waals surface area contributed by atoms with E-state index in [-0.39, 0.29) is 0 Å². The van der Waals surface area contributed by atoms with Crippen molar-refractivity contribution >= 4 is 10.9 Å². The molecule has 0 atom stereocenters. The molecule has 1 heterocycles. The molecule has 2 N–H and O–H groups in total. The Labute approximate surface area is 70.0 Å². The lowest BCUT2D eigenvalue weighted by atomic mass is 10.1. The Morgan fingerprint density at radius 3 is 2.83 bits per heavy atom. The van der Waals surface area contributed by atoms with Gasteiger partial charge in [-0.05, 0) is 25.5 Å². The third-order valence-corrected chi connectivity index (χ3v) is 2.08. The van der Waals surface area contributed by atoms with Crippen LogP contribution in [0.2, 0.25) is 0 Å². The van der Waals surface area contributed by atoms with Crippen molar-refractivity contribution in [1.82, 2.24) is 10.2 Å². The first-order chi connectivity index (χ1) is 5.70. The number of nitrogens with zero attached hydrogens (tertiary/aromatic N) is 1. The Kier molecular flexibility index (Phi) is 1.33. The zero-order valence-electron chi connectivity index (χ0n) is 7.05. The second-order valence-electron chi connectivity index (χ2n) is 2.97. The maximum Gasteiger partial charge on any atom is 0.129 e. The summed E-state index contributed by atoms with van der Waals surface area (Å²) >= 11 is 0. The zero-order chi connectivity index (χ0) is 8.72. The second kappa shape index (κ2) is 2.24. The largest absolute Gasteiger partial charge is 0.507 e. The molecule has 0 saturated heterocycles. The molecular formula is C9H10N2O. The van der Waals surface area contributed by atoms with Crippen LogP contribution < -0.4 is 0 Å². The molecule has 12 heavy (non-hydrogen) atoms. The van der Waals surface area contributed by atoms with Gasteiger partial charge in [-0.3, -0.25) is 5.10 Å². The van der Waals surface area contributed by atoms with Gasteiger partial charge in [0.05, 0.1) is 10.9 Å². The molecule has 0 unspecified atom stereocenters. The molecule has 0 aliphatic carbocycles. The van der Waals surface area contributed by atoms with Crippen LogP contribution in [-0.4, -0.2) is 15.3 Å². The standard InChI is InChI=1S/C9H10N2O/c1-5-3-4-7-8(9(5)12)6(2)10-11-7/h3-4,12H,1-2H3,(H,10,11). The van der Waals surface area contributed by atoms with Crippen LogP contribution in [0.15, 0.2) is 12.1 Å². The minimum absolute atomic E-state index is 0.332. The van der Waals surface area contributed by atoms with Crippen molar-refractivity contribution in [3.05, 3.63) is 23.4 Å². The van der Waals surface area contributed by atoms with Crippen molar-refractivity contribution in [2.45, 2.75) is 13.8 Å². The highest BCUT2D eigenvalue weighted by molar-refractivity contribution is 5.88. The van der Waals surface area contributed by atoms with Gasteiger partial charge in [-0.25, -0.2) is 0 Å². The van der Waals surface area contributed by atoms with Gasteiger partial charge in [0.1, 0.15) is 5.75 Å². The Balaban J connectivity index is 2.96. The summed E-state index contributed by atoms with van der Waals surface area (Å²) in [6, 6.07) is 3.76. The summed E-state index contributed by atoms with van der Waals surface area (Å²) < 4.78 is 0. The summed E-state index contributed by atoms with van der Waals surface area (Å²) in [7, 11) is 0. The molecule has 0 spiro atoms. The van der Waals surface area contributed by atoms with Gasteiger partial charge in [-0.2, -0.15) is 5.10 Å². The Morgan fingerprint density at radius 1 is 1.33 bits per heavy atom. The summed E-state index contributed by atoms with van der Waals surface area (Å²) in [6.45, 7) is 3.77. The molecule has 0 fully saturated rings. The van der Waals surface area contributed by atoms with E-state index < -0.39 is 0 Å². The maximum absolute atomic E-state index is 9.67. The van der Waals surface area contributed by atoms with E-state index in [0.29, 0.717) is 5.75 Å². The van der Waals surface area contributed by atoms with Crippen molar-refractivity contribution in [1.29, 1.82) is 0 Å². The molecule has 0 radical (unpaired) electrons. The van der Waals surface area contributed by atoms with Gasteiger partial charge in [0.25, 0.3) is 0 Å². The van der Waals surface area contributed by atoms with Gasteiger partial charge in [-0.15, -0.1) is 0 Å². The Hall–Kier alpha value is -1.51. The van der Waals surface area contributed by atoms with Crippen LogP contribution in [0.1, 0.15) is 11.3 Å². The fourth-order valence-electron chi connectivity index (χ4n) is 1.35. The molecule has 0 aliphatic heterocycles. The number of phenolic OH excluding ortho intramolecular Hbond substituents is 1. The monoisotopic (exact) mass is 162 g/mol. The van der Waals surface area contributed by atoms with E-state index in [9.17, 15) is 5.11 Å². The highest BCUT2D eigenvalue weighted by Gasteiger charge is 2.07. The number of aromatic amines is 1. The number of fused-ring (bicyclic) bond motifs is 1. The minimum Gasteiger partial charge on any atom is -0.507 e. The van der Waals surface area contributed by atoms with Crippen LogP contribution in [0.4, 0.5) is 0 Å². The number of nitrogens with one attached hydrogen (secondary N) is 1. The van der Waals surface area contributed by atoms with Gasteiger partial charge in [0, 0.05) is 5.69 Å². The Bertz CT molecular complexity index is 431. The molecule has 0 aliphatic rings. The quantitative estimate of drug-likeness (QED) is 0.621. The fourth-order valence-corrected chi connectivity index (χ4v) is 1.35. The lowest BCUT2D eigenvalue weighted by Gasteiger charge is -1.98. The lowest BCUT2D eigenvalue weighted by molar-refractivity contribution is 0.477. The van der Waals surface area contributed by atoms with Gasteiger partial charge in [0.2, 0.25) is 0 Å². The predicted octanol–water partition coefficient (Wildman–Crippen LogP) is 1.89. The topological polar surface area (TPSA) is 48.9 Å². The van der Waals surface area contributed by atoms with Crippen LogP contribution in [-0.2, 0) is 0 Å². The van der Waals surface area contributed by atoms with E-state index >= 15 is 0 Å². The van der Waals surface area contributed by atoms with E-state index in [1.54, 1.807) is 0 Å². The molecule has 2 rings (SSSR count). The molecular weight excluding hydrogens is 152 g/mol. The summed E-state index contributed by atoms with van der Waals surface area (Å²) in [4.78, 5) is 0. The highest BCUT2D eigenvalue weighted by atomic mass is 16.3. The number of phenols is 1. The molecule has 1 aromatic heterocycles. The van der Waals surface area contributed by atoms with E-state index in [1.165, 1.54) is 0 Å². The first kappa shape index (κ1) is 7.16. The van der Waals surface area contributed by atoms with Crippen LogP contribution in [0.5, 0.6) is 5.75 Å². The fraction of sp³-hybridized carbons (Fsp3) is 0.222. The maximum atomic E-state index is 9.67. The number of aromatic nitrogens is 2. The predicted molar refractivity (Wildman–Crippen MR) is 47.2 cm³/mol. The molecule has 0 amide bonds. The number of aryl methyl sites for hydroxylation is 2. The molecule has 2 aromatic rings. The molecule has 3 heteroatoms. The van der Waals surface area contributed by atoms with Crippen LogP contribution >= 0.6 is 0 Å². The number of rotatable bonds is 0. The summed E-state index contributed by atoms with van der Waals surface area (Å²) in [5, 5.41) is 17.4. The molecule has 0 bridgehead atoms. The van der Waals surface area contributed by atoms with Crippen molar-refractivity contribution < 1.29 is 5.11 Å². The summed E-state index contributed by atoms with van der Waals surface area (Å²) in [6.07, 6.45) is 0. The third-order valence-electron chi connectivity index (χ3n) is 2.08. The number of aromatic hydroxyl groups is 1. The lowest BCUT2D eigenvalue weighted by Crippen LogP contribution is -1.76. The van der Waals surface area contributed by atoms with E-state index in [1.807, 2.05) is 26.0 Å². The zero-order valence-corrected chi connectivity index (χ0v) is 7.05. The summed E-state index contributed by atoms with van der Waals surface area (Å²) in [5.74, 6) is 0.332. The molecule has 1 aromatic carbocycles. The van der Waals surface area contributed by atoms with Gasteiger partial charge >= 0.3 is 0 Å². The minimum atomic E-state index is 0.332. The normalized spacial score (nSPS) is 10.8. The van der Waals surface area contributed by atoms with Crippen LogP contribution in [0.25, 0.3) is 10.9 Å². The summed E-state index contributed by atoms with van der Waals surface area (Å²) in [5.41, 5.74) is 2.61.